The average Bonchev–Trinajstić information content (AvgIpc) is 3.85. The fourth-order valence-corrected chi connectivity index (χ4v) is 7.30. The molecule has 9 nitrogen and oxygen atoms in total. The van der Waals surface area contributed by atoms with Gasteiger partial charge in [0, 0.05) is 68.3 Å². The molecule has 4 N–H and O–H groups in total. The Kier molecular flexibility index (Phi) is 13.3. The van der Waals surface area contributed by atoms with E-state index < -0.39 is 17.8 Å². The summed E-state index contributed by atoms with van der Waals surface area (Å²) in [7, 11) is 0. The van der Waals surface area contributed by atoms with Gasteiger partial charge in [-0.1, -0.05) is 113 Å². The lowest BCUT2D eigenvalue weighted by molar-refractivity contribution is 0.0576. The first-order chi connectivity index (χ1) is 28.8. The number of carbonyl (C=O) groups excluding carboxylic acids is 1. The third-order valence-corrected chi connectivity index (χ3v) is 10.7. The number of fused-ring (bicyclic) bond motifs is 2. The maximum absolute atomic E-state index is 13.0. The highest BCUT2D eigenvalue weighted by atomic mass is 35.5. The highest BCUT2D eigenvalue weighted by Crippen LogP contribution is 2.34. The van der Waals surface area contributed by atoms with E-state index in [9.17, 15) is 9.90 Å². The molecule has 4 heterocycles. The third kappa shape index (κ3) is 10.6. The molecule has 0 saturated heterocycles. The Bertz CT molecular complexity index is 2730. The van der Waals surface area contributed by atoms with Gasteiger partial charge in [-0.15, -0.1) is 0 Å². The van der Waals surface area contributed by atoms with Crippen LogP contribution in [0, 0.1) is 0 Å². The van der Waals surface area contributed by atoms with Gasteiger partial charge in [-0.25, -0.2) is 14.8 Å². The molecule has 4 aromatic heterocycles. The summed E-state index contributed by atoms with van der Waals surface area (Å²) >= 11 is 24.9. The van der Waals surface area contributed by atoms with Gasteiger partial charge in [-0.2, -0.15) is 0 Å². The molecule has 4 aromatic carbocycles. The number of pyridine rings is 2. The molecular formula is C47H42Cl4N6O3. The molecule has 0 aliphatic heterocycles. The van der Waals surface area contributed by atoms with Crippen molar-refractivity contribution in [1.29, 1.82) is 0 Å². The van der Waals surface area contributed by atoms with Gasteiger partial charge in [0.1, 0.15) is 33.6 Å². The molecule has 0 aliphatic carbocycles. The maximum atomic E-state index is 13.0. The zero-order chi connectivity index (χ0) is 42.4. The fraction of sp³-hybridized carbons (Fsp3) is 0.170. The van der Waals surface area contributed by atoms with Gasteiger partial charge < -0.3 is 25.1 Å². The van der Waals surface area contributed by atoms with Crippen LogP contribution in [0.3, 0.4) is 0 Å². The van der Waals surface area contributed by atoms with Crippen molar-refractivity contribution in [3.05, 3.63) is 187 Å². The molecule has 8 rings (SSSR count). The number of aliphatic hydroxyl groups excluding tert-OH is 1. The lowest BCUT2D eigenvalue weighted by Gasteiger charge is -2.27. The van der Waals surface area contributed by atoms with Crippen LogP contribution in [0.25, 0.3) is 21.8 Å². The van der Waals surface area contributed by atoms with Crippen molar-refractivity contribution in [3.63, 3.8) is 0 Å². The highest BCUT2D eigenvalue weighted by Gasteiger charge is 2.26. The maximum Gasteiger partial charge on any atom is 0.416 e. The second kappa shape index (κ2) is 18.8. The van der Waals surface area contributed by atoms with Crippen molar-refractivity contribution >= 4 is 85.9 Å². The van der Waals surface area contributed by atoms with E-state index in [-0.39, 0.29) is 11.7 Å². The number of H-pyrrole nitrogens is 2. The molecule has 0 saturated carbocycles. The van der Waals surface area contributed by atoms with Crippen molar-refractivity contribution in [2.45, 2.75) is 52.0 Å². The van der Waals surface area contributed by atoms with Crippen LogP contribution >= 0.6 is 46.4 Å². The minimum absolute atomic E-state index is 0.0972. The Morgan fingerprint density at radius 3 is 1.97 bits per heavy atom. The van der Waals surface area contributed by atoms with Gasteiger partial charge in [-0.05, 0) is 97.6 Å². The quantitative estimate of drug-likeness (QED) is 0.102. The van der Waals surface area contributed by atoms with Gasteiger partial charge in [-0.3, -0.25) is 4.90 Å². The summed E-state index contributed by atoms with van der Waals surface area (Å²) in [5, 5.41) is 18.4. The number of nitrogens with zero attached hydrogens (tertiary/aromatic N) is 3. The number of benzene rings is 4. The second-order valence-corrected chi connectivity index (χ2v) is 16.7. The Labute approximate surface area is 368 Å². The van der Waals surface area contributed by atoms with E-state index >= 15 is 0 Å². The number of para-hydroxylation sites is 2. The third-order valence-electron chi connectivity index (χ3n) is 9.59. The molecule has 13 heteroatoms. The first-order valence-electron chi connectivity index (χ1n) is 19.2. The minimum atomic E-state index is -0.989. The SMILES string of the molecule is CC(C)(C)OC(=O)N(Cc1ccc(Cl)cc1)c1ccc(C(O)c2c[nH]c3ccccc23)c(Cl)n1.Clc1ccc(CNc2ccc(Cc3c[nH]c4ccccc34)c(Cl)n2)cc1. The Hall–Kier alpha value is -5.55. The molecule has 8 aromatic rings. The molecule has 0 bridgehead atoms. The summed E-state index contributed by atoms with van der Waals surface area (Å²) in [6.07, 6.45) is 2.99. The minimum Gasteiger partial charge on any atom is -0.443 e. The van der Waals surface area contributed by atoms with Crippen LogP contribution in [0.4, 0.5) is 16.4 Å². The summed E-state index contributed by atoms with van der Waals surface area (Å²) in [4.78, 5) is 29.8. The van der Waals surface area contributed by atoms with E-state index in [4.69, 9.17) is 51.1 Å². The van der Waals surface area contributed by atoms with E-state index in [0.29, 0.717) is 33.7 Å². The van der Waals surface area contributed by atoms with Crippen LogP contribution < -0.4 is 10.2 Å². The lowest BCUT2D eigenvalue weighted by atomic mass is 10.0. The standard InChI is InChI=1S/C26H25Cl2N3O3.C21H17Cl2N3/c1-26(2,3)34-25(33)31(15-16-8-10-17(27)11-9-16)22-13-12-19(24(28)30-22)23(32)20-14-29-21-7-5-4-6-18(20)21;22-17-8-5-14(6-9-17)12-25-20-10-7-15(21(23)26-20)11-16-13-24-19-4-2-1-3-18(16)19/h4-14,23,29,32H,15H2,1-3H3;1-10,13,24H,11-12H2,(H,25,26). The molecule has 1 amide bonds. The van der Waals surface area contributed by atoms with Crippen molar-refractivity contribution in [2.75, 3.05) is 10.2 Å². The number of rotatable bonds is 10. The second-order valence-electron chi connectivity index (χ2n) is 15.1. The first-order valence-corrected chi connectivity index (χ1v) is 20.7. The summed E-state index contributed by atoms with van der Waals surface area (Å²) < 4.78 is 5.60. The van der Waals surface area contributed by atoms with E-state index in [0.717, 1.165) is 50.4 Å². The number of anilines is 2. The number of aromatic amines is 2. The number of nitrogens with one attached hydrogen (secondary N) is 3. The van der Waals surface area contributed by atoms with Crippen molar-refractivity contribution in [2.24, 2.45) is 0 Å². The van der Waals surface area contributed by atoms with Crippen LogP contribution in [0.15, 0.2) is 134 Å². The number of amides is 1. The van der Waals surface area contributed by atoms with Crippen LogP contribution in [0.2, 0.25) is 20.4 Å². The molecular weight excluding hydrogens is 838 g/mol. The largest absolute Gasteiger partial charge is 0.443 e. The van der Waals surface area contributed by atoms with E-state index in [1.54, 1.807) is 51.2 Å². The molecule has 0 aliphatic rings. The van der Waals surface area contributed by atoms with E-state index in [1.807, 2.05) is 91.1 Å². The number of halogens is 4. The van der Waals surface area contributed by atoms with E-state index in [1.165, 1.54) is 15.8 Å². The highest BCUT2D eigenvalue weighted by molar-refractivity contribution is 6.31. The van der Waals surface area contributed by atoms with Crippen molar-refractivity contribution < 1.29 is 14.6 Å². The number of carbonyl (C=O) groups is 1. The number of aromatic nitrogens is 4. The molecule has 1 unspecified atom stereocenters. The molecule has 306 valence electrons. The Morgan fingerprint density at radius 1 is 0.700 bits per heavy atom. The average molecular weight is 881 g/mol. The van der Waals surface area contributed by atoms with Crippen LogP contribution in [-0.4, -0.2) is 36.7 Å². The van der Waals surface area contributed by atoms with Gasteiger partial charge in [0.25, 0.3) is 0 Å². The van der Waals surface area contributed by atoms with Crippen LogP contribution in [0.5, 0.6) is 0 Å². The van der Waals surface area contributed by atoms with Gasteiger partial charge in [0.2, 0.25) is 0 Å². The van der Waals surface area contributed by atoms with E-state index in [2.05, 4.69) is 37.4 Å². The smallest absolute Gasteiger partial charge is 0.416 e. The van der Waals surface area contributed by atoms with Gasteiger partial charge in [0.15, 0.2) is 0 Å². The predicted octanol–water partition coefficient (Wildman–Crippen LogP) is 13.0. The zero-order valence-electron chi connectivity index (χ0n) is 33.0. The molecule has 0 radical (unpaired) electrons. The number of aliphatic hydroxyl groups is 1. The molecule has 0 spiro atoms. The monoisotopic (exact) mass is 878 g/mol. The summed E-state index contributed by atoms with van der Waals surface area (Å²) in [6, 6.07) is 38.2. The van der Waals surface area contributed by atoms with Gasteiger partial charge in [0.05, 0.1) is 6.54 Å². The fourth-order valence-electron chi connectivity index (χ4n) is 6.58. The number of hydrogen-bond donors (Lipinski definition) is 4. The summed E-state index contributed by atoms with van der Waals surface area (Å²) in [5.74, 6) is 1.07. The number of ether oxygens (including phenoxy) is 1. The van der Waals surface area contributed by atoms with Crippen molar-refractivity contribution in [3.8, 4) is 0 Å². The number of hydrogen-bond acceptors (Lipinski definition) is 6. The Morgan fingerprint density at radius 2 is 1.32 bits per heavy atom. The van der Waals surface area contributed by atoms with Gasteiger partial charge >= 0.3 is 6.09 Å². The summed E-state index contributed by atoms with van der Waals surface area (Å²) in [5.41, 5.74) is 6.68. The first kappa shape index (κ1) is 42.6. The topological polar surface area (TPSA) is 119 Å². The normalized spacial score (nSPS) is 11.9. The molecule has 60 heavy (non-hydrogen) atoms. The van der Waals surface area contributed by atoms with Crippen LogP contribution in [0.1, 0.15) is 60.3 Å². The molecule has 0 fully saturated rings. The lowest BCUT2D eigenvalue weighted by Crippen LogP contribution is -2.37. The van der Waals surface area contributed by atoms with Crippen LogP contribution in [-0.2, 0) is 24.2 Å². The Balaban J connectivity index is 0.000000188. The predicted molar refractivity (Wildman–Crippen MR) is 245 cm³/mol. The molecule has 1 atom stereocenters. The zero-order valence-corrected chi connectivity index (χ0v) is 36.0. The summed E-state index contributed by atoms with van der Waals surface area (Å²) in [6.45, 7) is 6.27. The van der Waals surface area contributed by atoms with Crippen molar-refractivity contribution in [1.82, 2.24) is 19.9 Å².